The molecule has 0 spiro atoms. The Balaban J connectivity index is 0.945. The van der Waals surface area contributed by atoms with Gasteiger partial charge in [-0.15, -0.1) is 0 Å². The van der Waals surface area contributed by atoms with Gasteiger partial charge in [0.05, 0.1) is 39.6 Å². The zero-order valence-corrected chi connectivity index (χ0v) is 59.0. The number of aliphatic hydroxyl groups excluding tert-OH is 20. The molecule has 0 saturated carbocycles. The molecule has 21 heterocycles. The highest BCUT2D eigenvalue weighted by atomic mass is 32.2. The summed E-state index contributed by atoms with van der Waals surface area (Å²) >= 11 is 2.04. The molecule has 21 fully saturated rings. The van der Waals surface area contributed by atoms with E-state index in [1.54, 1.807) is 0 Å². The van der Waals surface area contributed by atoms with Crippen LogP contribution in [0.25, 0.3) is 0 Å². The van der Waals surface area contributed by atoms with Crippen LogP contribution in [0.1, 0.15) is 135 Å². The molecule has 14 bridgehead atoms. The van der Waals surface area contributed by atoms with Crippen molar-refractivity contribution in [1.29, 1.82) is 0 Å². The Bertz CT molecular complexity index is 2360. The lowest BCUT2D eigenvalue weighted by atomic mass is 9.95. The van der Waals surface area contributed by atoms with Crippen LogP contribution in [-0.4, -0.2) is 381 Å². The normalized spacial score (nSPS) is 44.3. The first-order chi connectivity index (χ1) is 49.5. The minimum Gasteiger partial charge on any atom is -0.394 e. The molecule has 37 heteroatoms. The first kappa shape index (κ1) is 87.0. The zero-order chi connectivity index (χ0) is 74.6. The number of aliphatic hydroxyl groups is 20. The van der Waals surface area contributed by atoms with Crippen molar-refractivity contribution >= 4 is 17.7 Å². The Morgan fingerprint density at radius 1 is 0.262 bits per heavy atom. The van der Waals surface area contributed by atoms with Crippen LogP contribution in [0.4, 0.5) is 0 Å². The maximum atomic E-state index is 13.5. The largest absolute Gasteiger partial charge is 0.394 e. The number of hydrogen-bond donors (Lipinski definition) is 21. The fourth-order valence-electron chi connectivity index (χ4n) is 14.3. The summed E-state index contributed by atoms with van der Waals surface area (Å²) in [6.45, 7) is -4.60. The summed E-state index contributed by atoms with van der Waals surface area (Å²) in [5.74, 6) is 1.91. The van der Waals surface area contributed by atoms with Gasteiger partial charge in [0.25, 0.3) is 0 Å². The number of thioether (sulfide) groups is 1. The molecular weight excluding hydrogens is 1400 g/mol. The van der Waals surface area contributed by atoms with Gasteiger partial charge in [-0.25, -0.2) is 0 Å². The Hall–Kier alpha value is -1.54. The molecule has 0 aromatic rings. The van der Waals surface area contributed by atoms with Gasteiger partial charge in [0, 0.05) is 13.0 Å². The molecule has 0 unspecified atom stereocenters. The molecule has 21 aliphatic rings. The second-order valence-electron chi connectivity index (χ2n) is 28.0. The van der Waals surface area contributed by atoms with Crippen LogP contribution in [0.15, 0.2) is 0 Å². The van der Waals surface area contributed by atoms with Crippen molar-refractivity contribution in [3.63, 3.8) is 0 Å². The van der Waals surface area contributed by atoms with Crippen LogP contribution in [0.2, 0.25) is 0 Å². The average molecular weight is 1520 g/mol. The van der Waals surface area contributed by atoms with Gasteiger partial charge in [-0.2, -0.15) is 11.8 Å². The third-order valence-corrected chi connectivity index (χ3v) is 21.6. The Morgan fingerprint density at radius 3 is 0.680 bits per heavy atom. The van der Waals surface area contributed by atoms with Crippen LogP contribution in [0, 0.1) is 0 Å². The maximum Gasteiger partial charge on any atom is 0.220 e. The lowest BCUT2D eigenvalue weighted by Gasteiger charge is -2.50. The summed E-state index contributed by atoms with van der Waals surface area (Å²) in [6.07, 6.45) is -48.4. The van der Waals surface area contributed by atoms with E-state index in [-0.39, 0.29) is 6.42 Å². The predicted octanol–water partition coefficient (Wildman–Crippen LogP) is -6.55. The number of unbranched alkanes of at least 4 members (excludes halogenated alkanes) is 17. The van der Waals surface area contributed by atoms with E-state index < -0.39 is 267 Å². The number of hydrogen-bond acceptors (Lipinski definition) is 36. The maximum absolute atomic E-state index is 13.5. The van der Waals surface area contributed by atoms with Crippen LogP contribution in [0.5, 0.6) is 0 Å². The van der Waals surface area contributed by atoms with E-state index in [9.17, 15) is 107 Å². The molecule has 103 heavy (non-hydrogen) atoms. The fraction of sp³-hybridized carbons (Fsp3) is 0.985. The lowest BCUT2D eigenvalue weighted by Crippen LogP contribution is -2.68. The highest BCUT2D eigenvalue weighted by Gasteiger charge is 2.60. The molecule has 21 rings (SSSR count). The van der Waals surface area contributed by atoms with Gasteiger partial charge in [-0.1, -0.05) is 110 Å². The van der Waals surface area contributed by atoms with Gasteiger partial charge >= 0.3 is 0 Å². The Morgan fingerprint density at radius 2 is 0.456 bits per heavy atom. The minimum atomic E-state index is -2.23. The number of nitrogens with one attached hydrogen (secondary N) is 1. The number of carbonyl (C=O) groups is 1. The highest BCUT2D eigenvalue weighted by Crippen LogP contribution is 2.39. The summed E-state index contributed by atoms with van der Waals surface area (Å²) in [6, 6.07) is 0. The van der Waals surface area contributed by atoms with Gasteiger partial charge in [0.15, 0.2) is 44.0 Å². The van der Waals surface area contributed by atoms with Crippen molar-refractivity contribution < 1.29 is 173 Å². The van der Waals surface area contributed by atoms with Gasteiger partial charge in [0.1, 0.15) is 171 Å². The van der Waals surface area contributed by atoms with Crippen molar-refractivity contribution in [2.45, 2.75) is 350 Å². The minimum absolute atomic E-state index is 0.0424. The molecule has 21 saturated heterocycles. The van der Waals surface area contributed by atoms with Crippen LogP contribution in [-0.2, 0) is 71.1 Å². The second-order valence-corrected chi connectivity index (χ2v) is 29.2. The zero-order valence-electron chi connectivity index (χ0n) is 58.2. The van der Waals surface area contributed by atoms with Crippen molar-refractivity contribution in [3.05, 3.63) is 0 Å². The molecule has 602 valence electrons. The van der Waals surface area contributed by atoms with E-state index in [1.165, 1.54) is 88.6 Å². The quantitative estimate of drug-likeness (QED) is 0.0287. The van der Waals surface area contributed by atoms with Gasteiger partial charge in [-0.05, 0) is 30.8 Å². The third-order valence-electron chi connectivity index (χ3n) is 20.4. The van der Waals surface area contributed by atoms with Gasteiger partial charge in [-0.3, -0.25) is 4.79 Å². The van der Waals surface area contributed by atoms with E-state index >= 15 is 0 Å². The fourth-order valence-corrected chi connectivity index (χ4v) is 15.3. The highest BCUT2D eigenvalue weighted by molar-refractivity contribution is 7.99. The molecule has 36 nitrogen and oxygen atoms in total. The number of ether oxygens (including phenoxy) is 14. The smallest absolute Gasteiger partial charge is 0.220 e. The molecular formula is C66H117NO35S. The molecule has 0 aromatic heterocycles. The summed E-state index contributed by atoms with van der Waals surface area (Å²) in [5, 5.41) is 228. The van der Waals surface area contributed by atoms with Crippen LogP contribution >= 0.6 is 11.8 Å². The number of rotatable bonds is 31. The van der Waals surface area contributed by atoms with Crippen molar-refractivity contribution in [1.82, 2.24) is 5.32 Å². The Labute approximate surface area is 602 Å². The van der Waals surface area contributed by atoms with E-state index in [0.717, 1.165) is 38.5 Å². The SMILES string of the molecule is CCCCCCCCCCCCSCCCCCCCCCCCC(=O)NC[C@H]1O[C@@H]2O[C@H]3[C@H](O)[C@@H](O)[C@@H](O[C@H]4[C@H](O)[C@@H](O)[C@@H](O[C@H]5[C@H](O)[C@@H](O)[C@@H](O[C@H]6[C@H](O)[C@@H](O)[C@@H](O[C@H]7[C@H](O)[C@@H](O)[C@@H](O[C@H]8[C@H](O)[C@@H](O)[C@@H](O[C@H]1[C@H](O)[C@H]2O)O[C@@H]8CO)O[C@@H]7CO)O[C@@H]6CO)O[C@@H]5CO)O[C@@H]4CO)O[C@@H]3CO. The van der Waals surface area contributed by atoms with E-state index in [2.05, 4.69) is 12.2 Å². The van der Waals surface area contributed by atoms with Gasteiger partial charge in [0.2, 0.25) is 5.91 Å². The van der Waals surface area contributed by atoms with Crippen molar-refractivity contribution in [2.24, 2.45) is 0 Å². The van der Waals surface area contributed by atoms with E-state index in [4.69, 9.17) is 66.3 Å². The molecule has 0 aliphatic carbocycles. The standard InChI is InChI=1S/C66H117NO35S/c1-2-3-4-5-6-7-10-13-16-19-22-103-23-20-17-14-11-8-9-12-15-18-21-38(74)67-24-31-53-39(75)46(82)60(89-31)97-54-32(25-68)91-62(48(84)41(54)77)99-56-34(27-70)93-64(50(86)43(56)79)101-58-36(29-72)95-66(52(88)45(58)81)102-59-37(30-73)94-65(51(87)44(59)80)100-57-35(28-71)92-63(49(85)42(57)78)98-55-33(26-69)90-61(96-53)47(83)40(55)76/h31-37,39-66,68-73,75-88H,2-30H2,1H3,(H,67,74)/t31-,32-,33-,34-,35-,36-,37-,39-,40-,41-,42-,43-,44-,45-,46-,47-,48-,49-,50-,51-,52-,53-,54-,55-,56-,57-,58-,59-,60-,61-,62-,63-,64-,65-,66-/m1/s1. The molecule has 35 atom stereocenters. The average Bonchev–Trinajstić information content (AvgIpc) is 1.01. The first-order valence-corrected chi connectivity index (χ1v) is 37.9. The summed E-state index contributed by atoms with van der Waals surface area (Å²) in [4.78, 5) is 13.5. The van der Waals surface area contributed by atoms with Gasteiger partial charge < -0.3 is 174 Å². The number of carbonyl (C=O) groups excluding carboxylic acids is 1. The topological polar surface area (TPSA) is 563 Å². The van der Waals surface area contributed by atoms with E-state index in [0.29, 0.717) is 6.42 Å². The van der Waals surface area contributed by atoms with Crippen LogP contribution < -0.4 is 5.32 Å². The lowest BCUT2D eigenvalue weighted by molar-refractivity contribution is -0.396. The molecule has 0 radical (unpaired) electrons. The molecule has 21 N–H and O–H groups in total. The third kappa shape index (κ3) is 22.6. The molecule has 21 aliphatic heterocycles. The summed E-state index contributed by atoms with van der Waals surface area (Å²) in [5.41, 5.74) is 0. The van der Waals surface area contributed by atoms with Crippen LogP contribution in [0.3, 0.4) is 0 Å². The van der Waals surface area contributed by atoms with E-state index in [1.807, 2.05) is 11.8 Å². The van der Waals surface area contributed by atoms with Crippen molar-refractivity contribution in [2.75, 3.05) is 57.7 Å². The Kier molecular flexibility index (Phi) is 36.6. The molecule has 0 aromatic carbocycles. The molecule has 1 amide bonds. The summed E-state index contributed by atoms with van der Waals surface area (Å²) in [7, 11) is 0. The predicted molar refractivity (Wildman–Crippen MR) is 350 cm³/mol. The second kappa shape index (κ2) is 43.3. The first-order valence-electron chi connectivity index (χ1n) is 36.7. The number of amides is 1. The summed E-state index contributed by atoms with van der Waals surface area (Å²) < 4.78 is 81.8. The monoisotopic (exact) mass is 1520 g/mol. The van der Waals surface area contributed by atoms with Crippen molar-refractivity contribution in [3.8, 4) is 0 Å².